The molecule has 1 aliphatic heterocycles. The number of carbonyl (C=O) groups excluding carboxylic acids is 1. The highest BCUT2D eigenvalue weighted by Gasteiger charge is 2.43. The molecule has 1 aliphatic rings. The number of aromatic hydroxyl groups is 1. The largest absolute Gasteiger partial charge is 0.507 e. The average Bonchev–Trinajstić information content (AvgIpc) is 3.54. The maximum Gasteiger partial charge on any atom is 0.273 e. The van der Waals surface area contributed by atoms with Crippen LogP contribution in [0.25, 0.3) is 11.3 Å². The molecule has 212 valence electrons. The minimum atomic E-state index is -0.571. The molecule has 0 bridgehead atoms. The van der Waals surface area contributed by atoms with Gasteiger partial charge in [0.1, 0.15) is 23.7 Å². The molecule has 2 N–H and O–H groups in total. The maximum absolute atomic E-state index is 13.9. The highest BCUT2D eigenvalue weighted by molar-refractivity contribution is 6.31. The van der Waals surface area contributed by atoms with Crippen molar-refractivity contribution in [3.63, 3.8) is 0 Å². The van der Waals surface area contributed by atoms with Gasteiger partial charge in [-0.3, -0.25) is 9.89 Å². The van der Waals surface area contributed by atoms with Crippen LogP contribution in [0.2, 0.25) is 10.0 Å². The lowest BCUT2D eigenvalue weighted by Gasteiger charge is -2.27. The average molecular weight is 601 g/mol. The number of H-pyrrole nitrogens is 1. The molecule has 6 rings (SSSR count). The zero-order valence-corrected chi connectivity index (χ0v) is 24.2. The molecule has 0 radical (unpaired) electrons. The van der Waals surface area contributed by atoms with Crippen molar-refractivity contribution in [3.8, 4) is 28.5 Å². The summed E-state index contributed by atoms with van der Waals surface area (Å²) in [7, 11) is 0. The summed E-state index contributed by atoms with van der Waals surface area (Å²) in [5.74, 6) is 0.911. The number of benzene rings is 4. The maximum atomic E-state index is 13.9. The number of hydrogen-bond acceptors (Lipinski definition) is 5. The zero-order valence-electron chi connectivity index (χ0n) is 22.7. The number of halogens is 2. The van der Waals surface area contributed by atoms with Crippen molar-refractivity contribution >= 4 is 29.1 Å². The number of phenolic OH excluding ortho intramolecular Hbond substituents is 1. The van der Waals surface area contributed by atoms with Crippen LogP contribution in [0.3, 0.4) is 0 Å². The minimum absolute atomic E-state index is 0.00381. The van der Waals surface area contributed by atoms with E-state index in [0.717, 1.165) is 16.7 Å². The molecular weight excluding hydrogens is 573 g/mol. The molecule has 1 unspecified atom stereocenters. The third-order valence-electron chi connectivity index (χ3n) is 7.20. The molecule has 0 aliphatic carbocycles. The summed E-state index contributed by atoms with van der Waals surface area (Å²) in [6.07, 6.45) is 0. The molecule has 0 saturated carbocycles. The van der Waals surface area contributed by atoms with E-state index in [9.17, 15) is 9.90 Å². The zero-order chi connectivity index (χ0) is 29.2. The van der Waals surface area contributed by atoms with Crippen molar-refractivity contribution in [2.75, 3.05) is 6.61 Å². The van der Waals surface area contributed by atoms with Crippen molar-refractivity contribution in [1.29, 1.82) is 0 Å². The highest BCUT2D eigenvalue weighted by Crippen LogP contribution is 2.47. The van der Waals surface area contributed by atoms with Crippen molar-refractivity contribution in [2.24, 2.45) is 0 Å². The number of amides is 1. The molecule has 1 atom stereocenters. The van der Waals surface area contributed by atoms with E-state index in [2.05, 4.69) is 10.2 Å². The fraction of sp³-hybridized carbons (Fsp3) is 0.152. The van der Waals surface area contributed by atoms with Crippen LogP contribution >= 0.6 is 23.2 Å². The molecule has 0 saturated heterocycles. The van der Waals surface area contributed by atoms with Crippen LogP contribution in [0, 0.1) is 0 Å². The summed E-state index contributed by atoms with van der Waals surface area (Å²) in [5.41, 5.74) is 4.45. The third-order valence-corrected chi connectivity index (χ3v) is 7.80. The number of fused-ring (bicyclic) bond motifs is 1. The Morgan fingerprint density at radius 3 is 2.50 bits per heavy atom. The number of ether oxygens (including phenoxy) is 2. The molecule has 2 heterocycles. The SMILES string of the molecule is CCOc1cc(C2c3c(-c4cc(Cl)ccc4O)n[nH]c3C(=O)N2Cc2ccccc2Cl)ccc1OCc1ccccc1. The van der Waals surface area contributed by atoms with Gasteiger partial charge in [-0.1, -0.05) is 77.8 Å². The second-order valence-electron chi connectivity index (χ2n) is 9.86. The lowest BCUT2D eigenvalue weighted by Crippen LogP contribution is -2.29. The second kappa shape index (κ2) is 11.8. The molecule has 5 aromatic rings. The van der Waals surface area contributed by atoms with Gasteiger partial charge in [0.2, 0.25) is 0 Å². The van der Waals surface area contributed by atoms with Gasteiger partial charge in [0, 0.05) is 27.7 Å². The van der Waals surface area contributed by atoms with E-state index in [0.29, 0.717) is 57.3 Å². The topological polar surface area (TPSA) is 87.7 Å². The normalized spacial score (nSPS) is 14.2. The Hall–Kier alpha value is -4.46. The van der Waals surface area contributed by atoms with Gasteiger partial charge < -0.3 is 19.5 Å². The molecule has 7 nitrogen and oxygen atoms in total. The summed E-state index contributed by atoms with van der Waals surface area (Å²) in [5, 5.41) is 19.1. The second-order valence-corrected chi connectivity index (χ2v) is 10.7. The van der Waals surface area contributed by atoms with E-state index in [4.69, 9.17) is 32.7 Å². The fourth-order valence-electron chi connectivity index (χ4n) is 5.24. The standard InChI is InChI=1S/C33H27Cl2N3O4/c1-2-41-28-16-21(12-15-27(28)42-19-20-8-4-3-5-9-20)32-29-30(24-17-23(34)13-14-26(24)39)36-37-31(29)33(40)38(32)18-22-10-6-7-11-25(22)35/h3-17,32,39H,2,18-19H2,1H3,(H,36,37). The van der Waals surface area contributed by atoms with Crippen LogP contribution < -0.4 is 9.47 Å². The van der Waals surface area contributed by atoms with E-state index in [1.165, 1.54) is 6.07 Å². The summed E-state index contributed by atoms with van der Waals surface area (Å²) >= 11 is 12.8. The number of carbonyl (C=O) groups is 1. The van der Waals surface area contributed by atoms with Gasteiger partial charge in [0.15, 0.2) is 11.5 Å². The molecule has 0 spiro atoms. The Labute approximate surface area is 253 Å². The number of aromatic nitrogens is 2. The van der Waals surface area contributed by atoms with Crippen molar-refractivity contribution in [2.45, 2.75) is 26.1 Å². The van der Waals surface area contributed by atoms with Gasteiger partial charge >= 0.3 is 0 Å². The summed E-state index contributed by atoms with van der Waals surface area (Å²) in [4.78, 5) is 15.6. The summed E-state index contributed by atoms with van der Waals surface area (Å²) in [6.45, 7) is 2.97. The van der Waals surface area contributed by atoms with Crippen LogP contribution in [0.4, 0.5) is 0 Å². The molecule has 1 aromatic heterocycles. The van der Waals surface area contributed by atoms with E-state index in [1.54, 1.807) is 23.1 Å². The first-order valence-corrected chi connectivity index (χ1v) is 14.2. The monoisotopic (exact) mass is 599 g/mol. The number of aromatic amines is 1. The smallest absolute Gasteiger partial charge is 0.273 e. The van der Waals surface area contributed by atoms with E-state index >= 15 is 0 Å². The van der Waals surface area contributed by atoms with Gasteiger partial charge in [-0.05, 0) is 60.0 Å². The number of nitrogens with zero attached hydrogens (tertiary/aromatic N) is 2. The quantitative estimate of drug-likeness (QED) is 0.180. The summed E-state index contributed by atoms with van der Waals surface area (Å²) < 4.78 is 12.2. The number of hydrogen-bond donors (Lipinski definition) is 2. The lowest BCUT2D eigenvalue weighted by molar-refractivity contribution is 0.0730. The summed E-state index contributed by atoms with van der Waals surface area (Å²) in [6, 6.07) is 27.2. The number of rotatable bonds is 9. The van der Waals surface area contributed by atoms with Gasteiger partial charge in [-0.25, -0.2) is 0 Å². The van der Waals surface area contributed by atoms with Crippen molar-refractivity contribution in [3.05, 3.63) is 129 Å². The molecule has 0 fully saturated rings. The predicted octanol–water partition coefficient (Wildman–Crippen LogP) is 7.81. The van der Waals surface area contributed by atoms with E-state index < -0.39 is 6.04 Å². The lowest BCUT2D eigenvalue weighted by atomic mass is 9.95. The Morgan fingerprint density at radius 2 is 1.71 bits per heavy atom. The van der Waals surface area contributed by atoms with Crippen LogP contribution in [-0.2, 0) is 13.2 Å². The number of nitrogens with one attached hydrogen (secondary N) is 1. The van der Waals surface area contributed by atoms with Crippen LogP contribution in [-0.4, -0.2) is 32.7 Å². The first kappa shape index (κ1) is 27.7. The number of phenols is 1. The Kier molecular flexibility index (Phi) is 7.78. The van der Waals surface area contributed by atoms with E-state index in [1.807, 2.05) is 73.7 Å². The third kappa shape index (κ3) is 5.29. The van der Waals surface area contributed by atoms with Crippen LogP contribution in [0.5, 0.6) is 17.2 Å². The van der Waals surface area contributed by atoms with Crippen molar-refractivity contribution < 1.29 is 19.4 Å². The van der Waals surface area contributed by atoms with E-state index in [-0.39, 0.29) is 18.2 Å². The van der Waals surface area contributed by atoms with Crippen LogP contribution in [0.15, 0.2) is 91.0 Å². The van der Waals surface area contributed by atoms with Gasteiger partial charge in [0.05, 0.1) is 12.6 Å². The predicted molar refractivity (Wildman–Crippen MR) is 162 cm³/mol. The molecule has 1 amide bonds. The molecule has 9 heteroatoms. The highest BCUT2D eigenvalue weighted by atomic mass is 35.5. The Bertz CT molecular complexity index is 1760. The van der Waals surface area contributed by atoms with Crippen molar-refractivity contribution in [1.82, 2.24) is 15.1 Å². The first-order chi connectivity index (χ1) is 20.4. The first-order valence-electron chi connectivity index (χ1n) is 13.5. The van der Waals surface area contributed by atoms with Gasteiger partial charge in [-0.15, -0.1) is 0 Å². The fourth-order valence-corrected chi connectivity index (χ4v) is 5.60. The van der Waals surface area contributed by atoms with Gasteiger partial charge in [-0.2, -0.15) is 5.10 Å². The molecular formula is C33H27Cl2N3O4. The molecule has 4 aromatic carbocycles. The minimum Gasteiger partial charge on any atom is -0.507 e. The van der Waals surface area contributed by atoms with Gasteiger partial charge in [0.25, 0.3) is 5.91 Å². The van der Waals surface area contributed by atoms with Crippen LogP contribution in [0.1, 0.15) is 45.7 Å². The molecule has 42 heavy (non-hydrogen) atoms. The Balaban J connectivity index is 1.45. The Morgan fingerprint density at radius 1 is 0.929 bits per heavy atom.